The summed E-state index contributed by atoms with van der Waals surface area (Å²) in [6, 6.07) is 33.6. The summed E-state index contributed by atoms with van der Waals surface area (Å²) in [6.07, 6.45) is 24.8. The highest BCUT2D eigenvalue weighted by atomic mass is 19.1. The van der Waals surface area contributed by atoms with Crippen LogP contribution in [0.15, 0.2) is 149 Å². The number of halogens is 1. The fourth-order valence-electron chi connectivity index (χ4n) is 15.1. The predicted molar refractivity (Wildman–Crippen MR) is 478 cm³/mol. The molecule has 15 aromatic rings. The molecular weight excluding hydrogens is 1570 g/mol. The molecule has 0 radical (unpaired) electrons. The van der Waals surface area contributed by atoms with Gasteiger partial charge >= 0.3 is 0 Å². The first-order valence-corrected chi connectivity index (χ1v) is 42.1. The molecule has 36 heteroatoms. The summed E-state index contributed by atoms with van der Waals surface area (Å²) < 4.78 is 46.2. The van der Waals surface area contributed by atoms with Crippen LogP contribution in [0.4, 0.5) is 63.2 Å². The van der Waals surface area contributed by atoms with Gasteiger partial charge in [-0.15, -0.1) is 0 Å². The molecule has 2 aliphatic rings. The number of nitrogens with one attached hydrogen (secondary N) is 5. The van der Waals surface area contributed by atoms with Crippen molar-refractivity contribution in [1.29, 1.82) is 0 Å². The molecule has 2 saturated heterocycles. The number of benzene rings is 1. The van der Waals surface area contributed by atoms with Gasteiger partial charge in [-0.05, 0) is 133 Å². The first kappa shape index (κ1) is 87.6. The van der Waals surface area contributed by atoms with Gasteiger partial charge < -0.3 is 107 Å². The highest BCUT2D eigenvalue weighted by molar-refractivity contribution is 5.91. The number of aryl methyl sites for hydroxylation is 3. The van der Waals surface area contributed by atoms with Crippen molar-refractivity contribution in [1.82, 2.24) is 93.0 Å². The molecule has 123 heavy (non-hydrogen) atoms. The van der Waals surface area contributed by atoms with E-state index in [-0.39, 0.29) is 78.6 Å². The molecule has 1 aromatic carbocycles. The van der Waals surface area contributed by atoms with Crippen LogP contribution < -0.4 is 55.3 Å². The van der Waals surface area contributed by atoms with Crippen molar-refractivity contribution in [2.24, 2.45) is 0 Å². The summed E-state index contributed by atoms with van der Waals surface area (Å²) in [5, 5.41) is 43.4. The molecule has 16 heterocycles. The summed E-state index contributed by atoms with van der Waals surface area (Å²) in [6.45, 7) is 19.2. The molecule has 0 bridgehead atoms. The van der Waals surface area contributed by atoms with Crippen LogP contribution in [0.5, 0.6) is 0 Å². The molecular formula is C87H112FN29O6. The number of nitrogens with two attached hydrogens (primary N) is 5. The highest BCUT2D eigenvalue weighted by Gasteiger charge is 2.25. The van der Waals surface area contributed by atoms with E-state index in [0.717, 1.165) is 205 Å². The number of nitrogens with zero attached hydrogens (tertiary/aromatic N) is 19. The lowest BCUT2D eigenvalue weighted by Crippen LogP contribution is -2.23. The Hall–Kier alpha value is -13.2. The van der Waals surface area contributed by atoms with Crippen molar-refractivity contribution >= 4 is 114 Å². The number of rotatable bonds is 33. The fourth-order valence-corrected chi connectivity index (χ4v) is 15.1. The average Bonchev–Trinajstić information content (AvgIpc) is 1.63. The van der Waals surface area contributed by atoms with Crippen molar-refractivity contribution in [2.75, 3.05) is 88.2 Å². The third kappa shape index (κ3) is 23.7. The van der Waals surface area contributed by atoms with Gasteiger partial charge in [0.05, 0.1) is 71.8 Å². The number of unbranched alkanes of at least 4 members (excludes halogenated alkanes) is 2. The minimum atomic E-state index is -0.386. The monoisotopic (exact) mass is 1680 g/mol. The van der Waals surface area contributed by atoms with Gasteiger partial charge in [-0.2, -0.15) is 24.9 Å². The van der Waals surface area contributed by atoms with E-state index in [2.05, 4.69) is 131 Å². The number of fused-ring (bicyclic) bond motifs is 5. The Morgan fingerprint density at radius 2 is 0.927 bits per heavy atom. The van der Waals surface area contributed by atoms with E-state index in [4.69, 9.17) is 47.2 Å². The first-order chi connectivity index (χ1) is 59.9. The Kier molecular flexibility index (Phi) is 30.5. The molecule has 2 unspecified atom stereocenters. The number of anilines is 10. The molecule has 17 N–H and O–H groups in total. The SMILES string of the molecule is CCCCNc1nc(N)nc2c(F)cn(Cc3ccccc3)c12.CCCC[C@@H](CCO)Nc1nc(N)nc2ccn(CC3CCCO3)c12.CCC[C@@H](CCO)Nc1nc(N)nc2ccn(CC3CCCO3)c12.Cc1cc(CNc2nc(N)nc3ccn(Cc4ccccn4)c23)no1.Cc1cccc(Cn2ccc3nc(N)nc(NCc4cc(C)on4)c32)n1. The second-order valence-electron chi connectivity index (χ2n) is 30.5. The average molecular weight is 1680 g/mol. The number of aromatic nitrogens is 19. The van der Waals surface area contributed by atoms with E-state index >= 15 is 0 Å². The Balaban J connectivity index is 0.000000132. The number of nitrogen functional groups attached to an aromatic ring is 5. The molecule has 0 spiro atoms. The lowest BCUT2D eigenvalue weighted by atomic mass is 10.1. The second kappa shape index (κ2) is 42.8. The first-order valence-electron chi connectivity index (χ1n) is 42.1. The predicted octanol–water partition coefficient (Wildman–Crippen LogP) is 13.2. The summed E-state index contributed by atoms with van der Waals surface area (Å²) in [7, 11) is 0. The van der Waals surface area contributed by atoms with Gasteiger partial charge in [0.25, 0.3) is 0 Å². The number of hydrogen-bond acceptors (Lipinski definition) is 30. The van der Waals surface area contributed by atoms with Crippen molar-refractivity contribution < 1.29 is 33.1 Å². The van der Waals surface area contributed by atoms with Crippen molar-refractivity contribution in [3.8, 4) is 0 Å². The smallest absolute Gasteiger partial charge is 0.222 e. The van der Waals surface area contributed by atoms with Crippen LogP contribution in [0.25, 0.3) is 55.2 Å². The van der Waals surface area contributed by atoms with Gasteiger partial charge in [-0.3, -0.25) is 9.97 Å². The van der Waals surface area contributed by atoms with Crippen LogP contribution in [0, 0.1) is 26.6 Å². The zero-order valence-corrected chi connectivity index (χ0v) is 70.6. The van der Waals surface area contributed by atoms with Crippen LogP contribution in [-0.4, -0.2) is 160 Å². The van der Waals surface area contributed by atoms with E-state index in [0.29, 0.717) is 68.5 Å². The molecule has 2 aliphatic heterocycles. The van der Waals surface area contributed by atoms with Crippen molar-refractivity contribution in [2.45, 2.75) is 195 Å². The van der Waals surface area contributed by atoms with E-state index in [9.17, 15) is 14.6 Å². The third-order valence-electron chi connectivity index (χ3n) is 20.8. The number of aliphatic hydroxyl groups is 2. The van der Waals surface area contributed by atoms with Crippen molar-refractivity contribution in [3.63, 3.8) is 0 Å². The molecule has 0 saturated carbocycles. The Morgan fingerprint density at radius 3 is 1.39 bits per heavy atom. The zero-order valence-electron chi connectivity index (χ0n) is 70.6. The second-order valence-corrected chi connectivity index (χ2v) is 30.5. The summed E-state index contributed by atoms with van der Waals surface area (Å²) >= 11 is 0. The molecule has 14 aromatic heterocycles. The Labute approximate surface area is 711 Å². The lowest BCUT2D eigenvalue weighted by Gasteiger charge is -2.20. The third-order valence-corrected chi connectivity index (χ3v) is 20.8. The molecule has 0 amide bonds. The number of ether oxygens (including phenoxy) is 2. The normalized spacial score (nSPS) is 14.2. The molecule has 4 atom stereocenters. The van der Waals surface area contributed by atoms with Crippen LogP contribution in [0.1, 0.15) is 150 Å². The van der Waals surface area contributed by atoms with Gasteiger partial charge in [-0.25, -0.2) is 29.3 Å². The molecule has 0 aliphatic carbocycles. The zero-order chi connectivity index (χ0) is 86.1. The molecule has 35 nitrogen and oxygen atoms in total. The maximum Gasteiger partial charge on any atom is 0.222 e. The van der Waals surface area contributed by atoms with E-state index in [1.54, 1.807) is 6.20 Å². The number of pyridine rings is 2. The fraction of sp³-hybridized carbons (Fsp3) is 0.402. The lowest BCUT2D eigenvalue weighted by molar-refractivity contribution is 0.0979. The van der Waals surface area contributed by atoms with E-state index < -0.39 is 0 Å². The van der Waals surface area contributed by atoms with Crippen LogP contribution in [-0.2, 0) is 55.3 Å². The minimum absolute atomic E-state index is 0.0767. The Bertz CT molecular complexity index is 5850. The van der Waals surface area contributed by atoms with Crippen molar-refractivity contribution in [3.05, 3.63) is 192 Å². The molecule has 17 rings (SSSR count). The topological polar surface area (TPSA) is 481 Å². The van der Waals surface area contributed by atoms with Crippen LogP contribution >= 0.6 is 0 Å². The van der Waals surface area contributed by atoms with Crippen LogP contribution in [0.2, 0.25) is 0 Å². The van der Waals surface area contributed by atoms with Crippen LogP contribution in [0.3, 0.4) is 0 Å². The standard InChI is InChI=1S/C18H19N7O.C18H29N5O2.C17H20FN5.C17H17N7O.C17H27N5O2/c1-11-4-3-5-13(21-11)10-25-7-6-15-16(25)17(23-18(19)22-15)20-9-14-8-12(2)26-24-14;1-2-3-5-13(8-10-24)20-17-16-15(21-18(19)22-17)7-9-23(16)12-14-6-4-11-25-14;1-2-3-9-20-16-15-14(21-17(19)22-16)13(18)11-23(15)10-12-7-5-4-6-8-12;1-11-8-13(23-25-11)9-20-16-15-14(21-17(18)22-16)5-7-24(15)10-12-4-2-3-6-19-12;1-2-4-12(7-9-23)19-16-15-14(20-17(18)21-16)6-8-22(15)11-13-5-3-10-24-13/h3-8H,9-10H2,1-2H3,(H3,19,20,22,23);7,9,13-14,24H,2-6,8,10-12H2,1H3,(H3,19,20,21,22);4-8,11H,2-3,9-10H2,1H3,(H3,19,20,21,22);2-8H,9-10H2,1H3,(H3,18,20,21,22);6,8,12-13,23H,2-5,7,9-11H2,1H3,(H3,18,19,20,21)/t;13-,14?;;;12-,13?/m.0..0/s1. The quantitative estimate of drug-likeness (QED) is 0.0170. The minimum Gasteiger partial charge on any atom is -0.396 e. The van der Waals surface area contributed by atoms with E-state index in [1.807, 2.05) is 158 Å². The maximum absolute atomic E-state index is 14.3. The Morgan fingerprint density at radius 1 is 0.455 bits per heavy atom. The van der Waals surface area contributed by atoms with Gasteiger partial charge in [0, 0.05) is 120 Å². The summed E-state index contributed by atoms with van der Waals surface area (Å²) in [5.74, 6) is 5.59. The highest BCUT2D eigenvalue weighted by Crippen LogP contribution is 2.32. The van der Waals surface area contributed by atoms with Gasteiger partial charge in [0.15, 0.2) is 34.9 Å². The maximum atomic E-state index is 14.3. The molecule has 648 valence electrons. The molecule has 2 fully saturated rings. The van der Waals surface area contributed by atoms with E-state index in [1.165, 1.54) is 6.20 Å². The van der Waals surface area contributed by atoms with Gasteiger partial charge in [0.1, 0.15) is 56.0 Å². The van der Waals surface area contributed by atoms with Gasteiger partial charge in [-0.1, -0.05) is 99.2 Å². The van der Waals surface area contributed by atoms with Gasteiger partial charge in [0.2, 0.25) is 29.7 Å². The summed E-state index contributed by atoms with van der Waals surface area (Å²) in [4.78, 5) is 52.2. The number of hydrogen-bond donors (Lipinski definition) is 12. The number of aliphatic hydroxyl groups excluding tert-OH is 2. The summed E-state index contributed by atoms with van der Waals surface area (Å²) in [5.41, 5.74) is 42.6. The largest absolute Gasteiger partial charge is 0.396 e.